The molecular weight excluding hydrogens is 353 g/mol. The predicted octanol–water partition coefficient (Wildman–Crippen LogP) is 4.89. The number of halogens is 4. The maximum atomic E-state index is 12.8. The van der Waals surface area contributed by atoms with Gasteiger partial charge in [-0.15, -0.1) is 0 Å². The zero-order valence-corrected chi connectivity index (χ0v) is 12.6. The van der Waals surface area contributed by atoms with Gasteiger partial charge < -0.3 is 5.32 Å². The van der Waals surface area contributed by atoms with Gasteiger partial charge in [-0.1, -0.05) is 6.42 Å². The van der Waals surface area contributed by atoms with Gasteiger partial charge in [-0.25, -0.2) is 0 Å². The molecular formula is C13H14BrF3N2O2. The summed E-state index contributed by atoms with van der Waals surface area (Å²) in [6.45, 7) is 0. The number of nitrogens with zero attached hydrogens (tertiary/aromatic N) is 1. The van der Waals surface area contributed by atoms with Crippen LogP contribution >= 0.6 is 15.9 Å². The van der Waals surface area contributed by atoms with E-state index >= 15 is 0 Å². The highest BCUT2D eigenvalue weighted by Gasteiger charge is 2.42. The van der Waals surface area contributed by atoms with Crippen molar-refractivity contribution >= 4 is 27.3 Å². The van der Waals surface area contributed by atoms with Crippen LogP contribution in [0.4, 0.5) is 24.5 Å². The number of nitro groups is 1. The minimum atomic E-state index is -4.17. The maximum absolute atomic E-state index is 12.8. The molecule has 1 N–H and O–H groups in total. The van der Waals surface area contributed by atoms with Gasteiger partial charge in [0.05, 0.1) is 15.3 Å². The molecule has 0 spiro atoms. The lowest BCUT2D eigenvalue weighted by Gasteiger charge is -2.31. The molecule has 0 amide bonds. The van der Waals surface area contributed by atoms with Crippen molar-refractivity contribution in [2.45, 2.75) is 37.9 Å². The third-order valence-corrected chi connectivity index (χ3v) is 4.32. The minimum absolute atomic E-state index is 0.00730. The van der Waals surface area contributed by atoms with Crippen molar-refractivity contribution in [2.75, 3.05) is 5.32 Å². The van der Waals surface area contributed by atoms with Crippen LogP contribution in [0.25, 0.3) is 0 Å². The van der Waals surface area contributed by atoms with Crippen molar-refractivity contribution in [1.82, 2.24) is 0 Å². The van der Waals surface area contributed by atoms with Crippen LogP contribution in [-0.4, -0.2) is 17.1 Å². The van der Waals surface area contributed by atoms with Gasteiger partial charge in [-0.05, 0) is 47.3 Å². The van der Waals surface area contributed by atoms with E-state index in [1.165, 1.54) is 12.1 Å². The Morgan fingerprint density at radius 1 is 1.33 bits per heavy atom. The monoisotopic (exact) mass is 366 g/mol. The van der Waals surface area contributed by atoms with Crippen LogP contribution in [0.2, 0.25) is 0 Å². The number of hydrogen-bond acceptors (Lipinski definition) is 3. The third kappa shape index (κ3) is 4.09. The molecule has 1 aliphatic carbocycles. The van der Waals surface area contributed by atoms with E-state index in [0.29, 0.717) is 23.0 Å². The lowest BCUT2D eigenvalue weighted by molar-refractivity contribution is -0.385. The fourth-order valence-electron chi connectivity index (χ4n) is 2.60. The van der Waals surface area contributed by atoms with Crippen LogP contribution in [0.3, 0.4) is 0 Å². The standard InChI is InChI=1S/C13H14BrF3N2O2/c14-11-5-4-10(7-12(11)19(20)21)18-9-3-1-2-8(6-9)13(15,16)17/h4-5,7-9,18H,1-3,6H2. The van der Waals surface area contributed by atoms with Crippen LogP contribution in [0, 0.1) is 16.0 Å². The highest BCUT2D eigenvalue weighted by Crippen LogP contribution is 2.38. The van der Waals surface area contributed by atoms with Gasteiger partial charge >= 0.3 is 6.18 Å². The molecule has 1 aromatic rings. The molecule has 2 unspecified atom stereocenters. The van der Waals surface area contributed by atoms with Crippen molar-refractivity contribution in [3.05, 3.63) is 32.8 Å². The number of anilines is 1. The van der Waals surface area contributed by atoms with Crippen molar-refractivity contribution in [3.8, 4) is 0 Å². The van der Waals surface area contributed by atoms with Crippen molar-refractivity contribution < 1.29 is 18.1 Å². The summed E-state index contributed by atoms with van der Waals surface area (Å²) in [4.78, 5) is 10.3. The fourth-order valence-corrected chi connectivity index (χ4v) is 2.99. The second kappa shape index (κ2) is 6.21. The summed E-state index contributed by atoms with van der Waals surface area (Å²) in [5, 5.41) is 13.8. The lowest BCUT2D eigenvalue weighted by atomic mass is 9.85. The first kappa shape index (κ1) is 16.1. The molecule has 0 aliphatic heterocycles. The van der Waals surface area contributed by atoms with Crippen molar-refractivity contribution in [1.29, 1.82) is 0 Å². The van der Waals surface area contributed by atoms with Crippen LogP contribution in [0.15, 0.2) is 22.7 Å². The third-order valence-electron chi connectivity index (χ3n) is 3.65. The van der Waals surface area contributed by atoms with E-state index in [2.05, 4.69) is 21.2 Å². The highest BCUT2D eigenvalue weighted by atomic mass is 79.9. The maximum Gasteiger partial charge on any atom is 0.391 e. The van der Waals surface area contributed by atoms with Crippen molar-refractivity contribution in [3.63, 3.8) is 0 Å². The average molecular weight is 367 g/mol. The SMILES string of the molecule is O=[N+]([O-])c1cc(NC2CCCC(C(F)(F)F)C2)ccc1Br. The zero-order chi connectivity index (χ0) is 15.6. The van der Waals surface area contributed by atoms with E-state index in [9.17, 15) is 23.3 Å². The molecule has 1 saturated carbocycles. The predicted molar refractivity (Wildman–Crippen MR) is 76.2 cm³/mol. The van der Waals surface area contributed by atoms with Crippen LogP contribution < -0.4 is 5.32 Å². The second-order valence-corrected chi connectivity index (χ2v) is 6.02. The summed E-state index contributed by atoms with van der Waals surface area (Å²) in [5.74, 6) is -1.30. The first-order chi connectivity index (χ1) is 9.77. The fraction of sp³-hybridized carbons (Fsp3) is 0.538. The first-order valence-electron chi connectivity index (χ1n) is 6.54. The quantitative estimate of drug-likeness (QED) is 0.611. The number of nitrogens with one attached hydrogen (secondary N) is 1. The van der Waals surface area contributed by atoms with Crippen molar-refractivity contribution in [2.24, 2.45) is 5.92 Å². The molecule has 0 radical (unpaired) electrons. The van der Waals surface area contributed by atoms with Gasteiger partial charge in [0.15, 0.2) is 0 Å². The topological polar surface area (TPSA) is 55.2 Å². The molecule has 1 aliphatic rings. The molecule has 0 aromatic heterocycles. The van der Waals surface area contributed by atoms with E-state index < -0.39 is 17.0 Å². The van der Waals surface area contributed by atoms with Gasteiger partial charge in [-0.2, -0.15) is 13.2 Å². The Morgan fingerprint density at radius 3 is 2.67 bits per heavy atom. The van der Waals surface area contributed by atoms with E-state index in [0.717, 1.165) is 0 Å². The molecule has 1 fully saturated rings. The molecule has 116 valence electrons. The van der Waals surface area contributed by atoms with Gasteiger partial charge in [0, 0.05) is 17.8 Å². The van der Waals surface area contributed by atoms with Gasteiger partial charge in [0.1, 0.15) is 0 Å². The first-order valence-corrected chi connectivity index (χ1v) is 7.34. The molecule has 2 rings (SSSR count). The van der Waals surface area contributed by atoms with Crippen LogP contribution in [0.1, 0.15) is 25.7 Å². The lowest BCUT2D eigenvalue weighted by Crippen LogP contribution is -2.34. The molecule has 0 bridgehead atoms. The highest BCUT2D eigenvalue weighted by molar-refractivity contribution is 9.10. The molecule has 2 atom stereocenters. The summed E-state index contributed by atoms with van der Waals surface area (Å²) in [6, 6.07) is 4.16. The zero-order valence-electron chi connectivity index (χ0n) is 11.0. The summed E-state index contributed by atoms with van der Waals surface area (Å²) in [5.41, 5.74) is 0.362. The number of rotatable bonds is 3. The Kier molecular flexibility index (Phi) is 4.75. The number of hydrogen-bond donors (Lipinski definition) is 1. The normalized spacial score (nSPS) is 22.9. The molecule has 0 heterocycles. The number of alkyl halides is 3. The minimum Gasteiger partial charge on any atom is -0.382 e. The van der Waals surface area contributed by atoms with Crippen LogP contribution in [-0.2, 0) is 0 Å². The van der Waals surface area contributed by atoms with E-state index in [1.807, 2.05) is 0 Å². The molecule has 1 aromatic carbocycles. The molecule has 21 heavy (non-hydrogen) atoms. The van der Waals surface area contributed by atoms with Gasteiger partial charge in [-0.3, -0.25) is 10.1 Å². The van der Waals surface area contributed by atoms with E-state index in [-0.39, 0.29) is 24.6 Å². The Balaban J connectivity index is 2.08. The summed E-state index contributed by atoms with van der Waals surface area (Å²) in [7, 11) is 0. The Labute approximate surface area is 128 Å². The smallest absolute Gasteiger partial charge is 0.382 e. The van der Waals surface area contributed by atoms with E-state index in [4.69, 9.17) is 0 Å². The average Bonchev–Trinajstić information content (AvgIpc) is 2.40. The van der Waals surface area contributed by atoms with Crippen LogP contribution in [0.5, 0.6) is 0 Å². The largest absolute Gasteiger partial charge is 0.391 e. The van der Waals surface area contributed by atoms with Gasteiger partial charge in [0.25, 0.3) is 5.69 Å². The van der Waals surface area contributed by atoms with Gasteiger partial charge in [0.2, 0.25) is 0 Å². The number of benzene rings is 1. The Morgan fingerprint density at radius 2 is 2.05 bits per heavy atom. The molecule has 4 nitrogen and oxygen atoms in total. The Hall–Kier alpha value is -1.31. The summed E-state index contributed by atoms with van der Waals surface area (Å²) in [6.07, 6.45) is -2.88. The number of nitro benzene ring substituents is 1. The summed E-state index contributed by atoms with van der Waals surface area (Å²) >= 11 is 3.07. The second-order valence-electron chi connectivity index (χ2n) is 5.17. The van der Waals surface area contributed by atoms with E-state index in [1.54, 1.807) is 6.07 Å². The molecule has 8 heteroatoms. The Bertz CT molecular complexity index is 537. The molecule has 0 saturated heterocycles. The summed E-state index contributed by atoms with van der Waals surface area (Å²) < 4.78 is 38.6.